The van der Waals surface area contributed by atoms with Gasteiger partial charge in [0.25, 0.3) is 0 Å². The summed E-state index contributed by atoms with van der Waals surface area (Å²) in [5.41, 5.74) is -1.46. The molecule has 18 heavy (non-hydrogen) atoms. The number of sulfone groups is 1. The quantitative estimate of drug-likeness (QED) is 0.756. The first-order valence-corrected chi connectivity index (χ1v) is 8.17. The Balaban J connectivity index is 2.91. The average Bonchev–Trinajstić information content (AvgIpc) is 2.27. The molecule has 0 aromatic rings. The van der Waals surface area contributed by atoms with Crippen LogP contribution in [0.4, 0.5) is 0 Å². The lowest BCUT2D eigenvalue weighted by Gasteiger charge is -2.37. The van der Waals surface area contributed by atoms with E-state index in [9.17, 15) is 18.3 Å². The van der Waals surface area contributed by atoms with Crippen molar-refractivity contribution in [3.8, 4) is 0 Å². The summed E-state index contributed by atoms with van der Waals surface area (Å²) in [5, 5.41) is 10.5. The maximum atomic E-state index is 11.8. The molecule has 0 amide bonds. The maximum Gasteiger partial charge on any atom is 0.311 e. The van der Waals surface area contributed by atoms with Crippen molar-refractivity contribution in [2.24, 2.45) is 5.92 Å². The van der Waals surface area contributed by atoms with Gasteiger partial charge in [-0.25, -0.2) is 8.42 Å². The molecular formula is C12H22O5S. The van der Waals surface area contributed by atoms with Gasteiger partial charge in [-0.15, -0.1) is 0 Å². The fourth-order valence-corrected chi connectivity index (χ4v) is 4.39. The van der Waals surface area contributed by atoms with E-state index in [0.29, 0.717) is 19.3 Å². The molecule has 1 saturated heterocycles. The second kappa shape index (κ2) is 6.02. The SMILES string of the molecule is CCCCC(C(=O)OC)C1(O)CCCS(=O)(=O)C1. The second-order valence-corrected chi connectivity index (χ2v) is 7.20. The van der Waals surface area contributed by atoms with Crippen molar-refractivity contribution >= 4 is 15.8 Å². The first-order valence-electron chi connectivity index (χ1n) is 6.35. The predicted molar refractivity (Wildman–Crippen MR) is 67.9 cm³/mol. The van der Waals surface area contributed by atoms with Crippen molar-refractivity contribution in [1.29, 1.82) is 0 Å². The fourth-order valence-electron chi connectivity index (χ4n) is 2.55. The maximum absolute atomic E-state index is 11.8. The summed E-state index contributed by atoms with van der Waals surface area (Å²) >= 11 is 0. The Bertz CT molecular complexity index is 389. The van der Waals surface area contributed by atoms with E-state index < -0.39 is 27.3 Å². The summed E-state index contributed by atoms with van der Waals surface area (Å²) in [6.07, 6.45) is 2.86. The van der Waals surface area contributed by atoms with Crippen molar-refractivity contribution in [2.75, 3.05) is 18.6 Å². The van der Waals surface area contributed by atoms with E-state index in [2.05, 4.69) is 0 Å². The molecule has 2 atom stereocenters. The molecule has 1 aliphatic rings. The molecule has 1 rings (SSSR count). The zero-order valence-electron chi connectivity index (χ0n) is 11.0. The summed E-state index contributed by atoms with van der Waals surface area (Å²) < 4.78 is 28.0. The van der Waals surface area contributed by atoms with E-state index in [1.54, 1.807) is 0 Å². The third-order valence-electron chi connectivity index (χ3n) is 3.52. The van der Waals surface area contributed by atoms with Crippen LogP contribution in [0.5, 0.6) is 0 Å². The van der Waals surface area contributed by atoms with Crippen molar-refractivity contribution < 1.29 is 23.1 Å². The molecule has 0 aromatic heterocycles. The Labute approximate surface area is 108 Å². The van der Waals surface area contributed by atoms with E-state index in [-0.39, 0.29) is 11.5 Å². The summed E-state index contributed by atoms with van der Waals surface area (Å²) in [5.74, 6) is -1.49. The highest BCUT2D eigenvalue weighted by molar-refractivity contribution is 7.91. The predicted octanol–water partition coefficient (Wildman–Crippen LogP) is 0.905. The van der Waals surface area contributed by atoms with E-state index in [4.69, 9.17) is 4.74 Å². The van der Waals surface area contributed by atoms with Gasteiger partial charge < -0.3 is 9.84 Å². The van der Waals surface area contributed by atoms with Crippen molar-refractivity contribution in [1.82, 2.24) is 0 Å². The molecule has 1 N–H and O–H groups in total. The van der Waals surface area contributed by atoms with Crippen LogP contribution in [-0.2, 0) is 19.4 Å². The molecule has 1 fully saturated rings. The smallest absolute Gasteiger partial charge is 0.311 e. The summed E-state index contributed by atoms with van der Waals surface area (Å²) in [6.45, 7) is 1.98. The second-order valence-electron chi connectivity index (χ2n) is 5.02. The zero-order chi connectivity index (χ0) is 13.8. The number of hydrogen-bond donors (Lipinski definition) is 1. The van der Waals surface area contributed by atoms with Gasteiger partial charge in [0.15, 0.2) is 9.84 Å². The first kappa shape index (κ1) is 15.4. The third kappa shape index (κ3) is 3.68. The van der Waals surface area contributed by atoms with Gasteiger partial charge in [-0.3, -0.25) is 4.79 Å². The molecule has 0 aliphatic carbocycles. The van der Waals surface area contributed by atoms with Gasteiger partial charge >= 0.3 is 5.97 Å². The van der Waals surface area contributed by atoms with E-state index >= 15 is 0 Å². The van der Waals surface area contributed by atoms with Gasteiger partial charge in [-0.1, -0.05) is 19.8 Å². The number of hydrogen-bond acceptors (Lipinski definition) is 5. The first-order chi connectivity index (χ1) is 8.34. The highest BCUT2D eigenvalue weighted by Gasteiger charge is 2.46. The number of ether oxygens (including phenoxy) is 1. The Kier molecular flexibility index (Phi) is 5.16. The van der Waals surface area contributed by atoms with Crippen molar-refractivity contribution in [3.05, 3.63) is 0 Å². The number of unbranched alkanes of at least 4 members (excludes halogenated alkanes) is 1. The van der Waals surface area contributed by atoms with E-state index in [1.807, 2.05) is 6.92 Å². The molecule has 1 aliphatic heterocycles. The van der Waals surface area contributed by atoms with Crippen LogP contribution in [0, 0.1) is 5.92 Å². The number of carbonyl (C=O) groups is 1. The van der Waals surface area contributed by atoms with Crippen molar-refractivity contribution in [2.45, 2.75) is 44.6 Å². The Morgan fingerprint density at radius 3 is 2.67 bits per heavy atom. The molecule has 0 spiro atoms. The van der Waals surface area contributed by atoms with Crippen LogP contribution in [0.2, 0.25) is 0 Å². The standard InChI is InChI=1S/C12H22O5S/c1-3-4-6-10(11(13)17-2)12(14)7-5-8-18(15,16)9-12/h10,14H,3-9H2,1-2H3. The van der Waals surface area contributed by atoms with Gasteiger partial charge in [0.05, 0.1) is 30.1 Å². The van der Waals surface area contributed by atoms with Crippen LogP contribution in [0.15, 0.2) is 0 Å². The Morgan fingerprint density at radius 1 is 1.50 bits per heavy atom. The summed E-state index contributed by atoms with van der Waals surface area (Å²) in [4.78, 5) is 11.8. The zero-order valence-corrected chi connectivity index (χ0v) is 11.8. The number of aliphatic hydroxyl groups is 1. The molecule has 0 aromatic carbocycles. The normalized spacial score (nSPS) is 28.6. The van der Waals surface area contributed by atoms with E-state index in [1.165, 1.54) is 7.11 Å². The minimum Gasteiger partial charge on any atom is -0.469 e. The molecule has 2 unspecified atom stereocenters. The van der Waals surface area contributed by atoms with Crippen LogP contribution < -0.4 is 0 Å². The molecule has 5 nitrogen and oxygen atoms in total. The Hall–Kier alpha value is -0.620. The van der Waals surface area contributed by atoms with Crippen molar-refractivity contribution in [3.63, 3.8) is 0 Å². The molecule has 0 saturated carbocycles. The highest BCUT2D eigenvalue weighted by atomic mass is 32.2. The highest BCUT2D eigenvalue weighted by Crippen LogP contribution is 2.33. The minimum absolute atomic E-state index is 0.0942. The van der Waals surface area contributed by atoms with Crippen LogP contribution in [0.25, 0.3) is 0 Å². The molecule has 6 heteroatoms. The van der Waals surface area contributed by atoms with Gasteiger partial charge in [-0.2, -0.15) is 0 Å². The summed E-state index contributed by atoms with van der Waals surface area (Å²) in [7, 11) is -1.99. The van der Waals surface area contributed by atoms with Gasteiger partial charge in [-0.05, 0) is 19.3 Å². The van der Waals surface area contributed by atoms with Gasteiger partial charge in [0.1, 0.15) is 0 Å². The van der Waals surface area contributed by atoms with Crippen LogP contribution >= 0.6 is 0 Å². The lowest BCUT2D eigenvalue weighted by Crippen LogP contribution is -2.51. The van der Waals surface area contributed by atoms with E-state index in [0.717, 1.165) is 12.8 Å². The molecule has 106 valence electrons. The monoisotopic (exact) mass is 278 g/mol. The topological polar surface area (TPSA) is 80.7 Å². The number of carbonyl (C=O) groups excluding carboxylic acids is 1. The number of methoxy groups -OCH3 is 1. The van der Waals surface area contributed by atoms with Gasteiger partial charge in [0.2, 0.25) is 0 Å². The summed E-state index contributed by atoms with van der Waals surface area (Å²) in [6, 6.07) is 0. The fraction of sp³-hybridized carbons (Fsp3) is 0.917. The van der Waals surface area contributed by atoms with Gasteiger partial charge in [0, 0.05) is 0 Å². The minimum atomic E-state index is -3.26. The van der Waals surface area contributed by atoms with Crippen LogP contribution in [0.1, 0.15) is 39.0 Å². The molecule has 1 heterocycles. The number of rotatable bonds is 5. The van der Waals surface area contributed by atoms with Crippen LogP contribution in [0.3, 0.4) is 0 Å². The van der Waals surface area contributed by atoms with Crippen LogP contribution in [-0.4, -0.2) is 43.7 Å². The lowest BCUT2D eigenvalue weighted by molar-refractivity contribution is -0.155. The Morgan fingerprint density at radius 2 is 2.17 bits per heavy atom. The third-order valence-corrected chi connectivity index (χ3v) is 5.37. The lowest BCUT2D eigenvalue weighted by atomic mass is 9.81. The molecular weight excluding hydrogens is 256 g/mol. The molecule has 0 bridgehead atoms. The largest absolute Gasteiger partial charge is 0.469 e. The number of esters is 1. The average molecular weight is 278 g/mol. The molecule has 0 radical (unpaired) electrons.